The van der Waals surface area contributed by atoms with E-state index in [0.29, 0.717) is 11.1 Å². The van der Waals surface area contributed by atoms with Crippen LogP contribution in [0.4, 0.5) is 10.1 Å². The van der Waals surface area contributed by atoms with E-state index in [-0.39, 0.29) is 10.6 Å². The molecule has 0 unspecified atom stereocenters. The van der Waals surface area contributed by atoms with Gasteiger partial charge in [-0.05, 0) is 47.9 Å². The maximum absolute atomic E-state index is 14.1. The van der Waals surface area contributed by atoms with Crippen molar-refractivity contribution in [3.63, 3.8) is 0 Å². The molecule has 1 atom stereocenters. The summed E-state index contributed by atoms with van der Waals surface area (Å²) in [5.74, 6) is -0.953. The number of aryl methyl sites for hydroxylation is 1. The highest BCUT2D eigenvalue weighted by Crippen LogP contribution is 2.43. The number of carbonyl (C=O) groups excluding carboxylic acids is 1. The number of nitrogens with one attached hydrogen (secondary N) is 1. The highest BCUT2D eigenvalue weighted by molar-refractivity contribution is 7.93. The van der Waals surface area contributed by atoms with Gasteiger partial charge in [0, 0.05) is 11.1 Å². The largest absolute Gasteiger partial charge is 0.344 e. The van der Waals surface area contributed by atoms with Gasteiger partial charge in [-0.25, -0.2) is 12.8 Å². The Labute approximate surface area is 203 Å². The van der Waals surface area contributed by atoms with Gasteiger partial charge in [0.25, 0.3) is 10.0 Å². The first-order chi connectivity index (χ1) is 16.9. The molecule has 1 amide bonds. The number of amides is 1. The van der Waals surface area contributed by atoms with Crippen LogP contribution in [-0.4, -0.2) is 20.9 Å². The number of nitrogens with zero attached hydrogens (tertiary/aromatic N) is 1. The molecule has 0 radical (unpaired) electrons. The molecule has 35 heavy (non-hydrogen) atoms. The third-order valence-electron chi connectivity index (χ3n) is 6.20. The Bertz CT molecular complexity index is 1520. The third kappa shape index (κ3) is 4.19. The van der Waals surface area contributed by atoms with Gasteiger partial charge < -0.3 is 5.32 Å². The molecule has 0 bridgehead atoms. The Morgan fingerprint density at radius 2 is 1.57 bits per heavy atom. The number of hydrogen-bond donors (Lipinski definition) is 1. The van der Waals surface area contributed by atoms with E-state index in [1.165, 1.54) is 24.3 Å². The first-order valence-electron chi connectivity index (χ1n) is 11.2. The lowest BCUT2D eigenvalue weighted by atomic mass is 9.95. The van der Waals surface area contributed by atoms with Crippen LogP contribution in [0.25, 0.3) is 11.1 Å². The topological polar surface area (TPSA) is 66.5 Å². The molecule has 176 valence electrons. The molecule has 5 nitrogen and oxygen atoms in total. The Hall–Kier alpha value is -3.97. The van der Waals surface area contributed by atoms with Crippen LogP contribution in [0.15, 0.2) is 102 Å². The summed E-state index contributed by atoms with van der Waals surface area (Å²) in [5.41, 5.74) is 3.92. The molecule has 0 spiro atoms. The number of hydrogen-bond acceptors (Lipinski definition) is 3. The van der Waals surface area contributed by atoms with Crippen molar-refractivity contribution in [2.75, 3.05) is 10.8 Å². The molecule has 7 heteroatoms. The Kier molecular flexibility index (Phi) is 5.86. The second-order valence-electron chi connectivity index (χ2n) is 8.44. The van der Waals surface area contributed by atoms with Crippen molar-refractivity contribution in [1.29, 1.82) is 0 Å². The molecular weight excluding hydrogens is 463 g/mol. The quantitative estimate of drug-likeness (QED) is 0.421. The standard InChI is InChI=1S/C28H23FN2O3S/c1-19-9-5-6-12-22(19)28(20-10-3-2-4-11-20)30-27(32)18-31-25-16-15-21(29)17-24(25)23-13-7-8-14-26(23)35(31,33)34/h2-17,28H,18H2,1H3,(H,30,32)/t28-/m0/s1. The van der Waals surface area contributed by atoms with E-state index in [4.69, 9.17) is 0 Å². The number of fused-ring (bicyclic) bond motifs is 3. The number of anilines is 1. The minimum atomic E-state index is -4.03. The van der Waals surface area contributed by atoms with E-state index in [1.54, 1.807) is 18.2 Å². The maximum Gasteiger partial charge on any atom is 0.265 e. The molecule has 0 aliphatic carbocycles. The molecule has 0 aromatic heterocycles. The van der Waals surface area contributed by atoms with Gasteiger partial charge in [0.1, 0.15) is 12.4 Å². The van der Waals surface area contributed by atoms with Crippen LogP contribution in [0, 0.1) is 12.7 Å². The van der Waals surface area contributed by atoms with Crippen LogP contribution in [0.1, 0.15) is 22.7 Å². The Morgan fingerprint density at radius 1 is 0.886 bits per heavy atom. The van der Waals surface area contributed by atoms with Crippen molar-refractivity contribution >= 4 is 21.6 Å². The molecular formula is C28H23FN2O3S. The number of halogens is 1. The fraction of sp³-hybridized carbons (Fsp3) is 0.107. The van der Waals surface area contributed by atoms with E-state index in [0.717, 1.165) is 21.0 Å². The molecule has 0 saturated heterocycles. The summed E-state index contributed by atoms with van der Waals surface area (Å²) in [6.07, 6.45) is 0. The fourth-order valence-electron chi connectivity index (χ4n) is 4.51. The minimum Gasteiger partial charge on any atom is -0.344 e. The van der Waals surface area contributed by atoms with Gasteiger partial charge >= 0.3 is 0 Å². The average Bonchev–Trinajstić information content (AvgIpc) is 2.86. The summed E-state index contributed by atoms with van der Waals surface area (Å²) in [6, 6.07) is 27.1. The molecule has 0 saturated carbocycles. The fourth-order valence-corrected chi connectivity index (χ4v) is 6.16. The number of sulfonamides is 1. The lowest BCUT2D eigenvalue weighted by molar-refractivity contribution is -0.120. The zero-order valence-electron chi connectivity index (χ0n) is 19.0. The van der Waals surface area contributed by atoms with Gasteiger partial charge in [-0.3, -0.25) is 9.10 Å². The van der Waals surface area contributed by atoms with Gasteiger partial charge in [0.15, 0.2) is 0 Å². The number of rotatable bonds is 5. The minimum absolute atomic E-state index is 0.0458. The van der Waals surface area contributed by atoms with Crippen molar-refractivity contribution in [2.24, 2.45) is 0 Å². The Morgan fingerprint density at radius 3 is 2.34 bits per heavy atom. The first-order valence-corrected chi connectivity index (χ1v) is 12.6. The predicted molar refractivity (Wildman–Crippen MR) is 134 cm³/mol. The van der Waals surface area contributed by atoms with Crippen molar-refractivity contribution in [2.45, 2.75) is 17.9 Å². The van der Waals surface area contributed by atoms with E-state index >= 15 is 0 Å². The lowest BCUT2D eigenvalue weighted by Gasteiger charge is -2.32. The molecule has 1 N–H and O–H groups in total. The summed E-state index contributed by atoms with van der Waals surface area (Å²) in [5, 5.41) is 3.02. The zero-order valence-corrected chi connectivity index (χ0v) is 19.8. The van der Waals surface area contributed by atoms with Gasteiger partial charge in [-0.2, -0.15) is 0 Å². The summed E-state index contributed by atoms with van der Waals surface area (Å²) in [4.78, 5) is 13.4. The summed E-state index contributed by atoms with van der Waals surface area (Å²) < 4.78 is 42.2. The average molecular weight is 487 g/mol. The van der Waals surface area contributed by atoms with Gasteiger partial charge in [0.05, 0.1) is 16.6 Å². The zero-order chi connectivity index (χ0) is 24.6. The molecule has 1 aliphatic rings. The van der Waals surface area contributed by atoms with Crippen LogP contribution in [0.5, 0.6) is 0 Å². The number of carbonyl (C=O) groups is 1. The highest BCUT2D eigenvalue weighted by atomic mass is 32.2. The first kappa shape index (κ1) is 22.8. The smallest absolute Gasteiger partial charge is 0.265 e. The molecule has 1 heterocycles. The van der Waals surface area contributed by atoms with E-state index < -0.39 is 34.3 Å². The van der Waals surface area contributed by atoms with Crippen molar-refractivity contribution in [3.8, 4) is 11.1 Å². The second-order valence-corrected chi connectivity index (χ2v) is 10.3. The maximum atomic E-state index is 14.1. The van der Waals surface area contributed by atoms with E-state index in [2.05, 4.69) is 5.32 Å². The van der Waals surface area contributed by atoms with Crippen molar-refractivity contribution < 1.29 is 17.6 Å². The van der Waals surface area contributed by atoms with Crippen LogP contribution in [0.2, 0.25) is 0 Å². The third-order valence-corrected chi connectivity index (χ3v) is 8.02. The monoisotopic (exact) mass is 486 g/mol. The summed E-state index contributed by atoms with van der Waals surface area (Å²) in [7, 11) is -4.03. The predicted octanol–water partition coefficient (Wildman–Crippen LogP) is 5.22. The SMILES string of the molecule is Cc1ccccc1[C@@H](NC(=O)CN1c2ccc(F)cc2-c2ccccc2S1(=O)=O)c1ccccc1. The van der Waals surface area contributed by atoms with Crippen LogP contribution < -0.4 is 9.62 Å². The van der Waals surface area contributed by atoms with Crippen LogP contribution >= 0.6 is 0 Å². The summed E-state index contributed by atoms with van der Waals surface area (Å²) in [6.45, 7) is 1.53. The molecule has 4 aromatic carbocycles. The van der Waals surface area contributed by atoms with Crippen molar-refractivity contribution in [1.82, 2.24) is 5.32 Å². The van der Waals surface area contributed by atoms with Crippen LogP contribution in [-0.2, 0) is 14.8 Å². The molecule has 0 fully saturated rings. The molecule has 5 rings (SSSR count). The van der Waals surface area contributed by atoms with E-state index in [1.807, 2.05) is 61.5 Å². The highest BCUT2D eigenvalue weighted by Gasteiger charge is 2.36. The summed E-state index contributed by atoms with van der Waals surface area (Å²) >= 11 is 0. The van der Waals surface area contributed by atoms with Crippen LogP contribution in [0.3, 0.4) is 0 Å². The number of benzene rings is 4. The normalized spacial score (nSPS) is 14.5. The van der Waals surface area contributed by atoms with Gasteiger partial charge in [0.2, 0.25) is 5.91 Å². The van der Waals surface area contributed by atoms with Gasteiger partial charge in [-0.1, -0.05) is 72.8 Å². The Balaban J connectivity index is 1.52. The lowest BCUT2D eigenvalue weighted by Crippen LogP contribution is -2.43. The molecule has 4 aromatic rings. The van der Waals surface area contributed by atoms with E-state index in [9.17, 15) is 17.6 Å². The molecule has 1 aliphatic heterocycles. The van der Waals surface area contributed by atoms with Gasteiger partial charge in [-0.15, -0.1) is 0 Å². The van der Waals surface area contributed by atoms with Crippen molar-refractivity contribution in [3.05, 3.63) is 120 Å². The second kappa shape index (κ2) is 9.00.